The summed E-state index contributed by atoms with van der Waals surface area (Å²) in [5, 5.41) is 5.85. The Balaban J connectivity index is 2.36. The van der Waals surface area contributed by atoms with Gasteiger partial charge in [-0.3, -0.25) is 9.59 Å². The van der Waals surface area contributed by atoms with Gasteiger partial charge in [0.2, 0.25) is 11.8 Å². The zero-order chi connectivity index (χ0) is 17.9. The number of amides is 2. The third-order valence-electron chi connectivity index (χ3n) is 3.71. The van der Waals surface area contributed by atoms with Gasteiger partial charge < -0.3 is 15.2 Å². The monoisotopic (exact) mass is 330 g/mol. The number of imidazole rings is 1. The van der Waals surface area contributed by atoms with Crippen molar-refractivity contribution in [3.63, 3.8) is 0 Å². The highest BCUT2D eigenvalue weighted by Crippen LogP contribution is 2.21. The summed E-state index contributed by atoms with van der Waals surface area (Å²) < 4.78 is 1.87. The molecule has 6 nitrogen and oxygen atoms in total. The van der Waals surface area contributed by atoms with Gasteiger partial charge in [0.15, 0.2) is 0 Å². The second-order valence-electron chi connectivity index (χ2n) is 6.65. The van der Waals surface area contributed by atoms with Crippen LogP contribution in [0.1, 0.15) is 46.5 Å². The highest BCUT2D eigenvalue weighted by atomic mass is 16.2. The Labute approximate surface area is 142 Å². The van der Waals surface area contributed by atoms with Crippen LogP contribution in [0.5, 0.6) is 0 Å². The SMILES string of the molecule is CC(C)NC(=O)Cn1c(C(C)NC(=O)C(C)C)nc2ccccc21. The Morgan fingerprint density at radius 3 is 2.38 bits per heavy atom. The number of hydrogen-bond acceptors (Lipinski definition) is 3. The average molecular weight is 330 g/mol. The zero-order valence-corrected chi connectivity index (χ0v) is 15.0. The largest absolute Gasteiger partial charge is 0.352 e. The van der Waals surface area contributed by atoms with Crippen LogP contribution in [-0.2, 0) is 16.1 Å². The van der Waals surface area contributed by atoms with Crippen molar-refractivity contribution in [1.29, 1.82) is 0 Å². The van der Waals surface area contributed by atoms with Gasteiger partial charge in [-0.2, -0.15) is 0 Å². The number of nitrogens with zero attached hydrogens (tertiary/aromatic N) is 2. The van der Waals surface area contributed by atoms with E-state index in [-0.39, 0.29) is 36.4 Å². The minimum atomic E-state index is -0.279. The first-order valence-electron chi connectivity index (χ1n) is 8.34. The van der Waals surface area contributed by atoms with E-state index in [2.05, 4.69) is 15.6 Å². The molecule has 2 amide bonds. The summed E-state index contributed by atoms with van der Waals surface area (Å²) >= 11 is 0. The number of nitrogens with one attached hydrogen (secondary N) is 2. The van der Waals surface area contributed by atoms with E-state index in [0.29, 0.717) is 5.82 Å². The lowest BCUT2D eigenvalue weighted by atomic mass is 10.2. The van der Waals surface area contributed by atoms with E-state index in [9.17, 15) is 9.59 Å². The fourth-order valence-electron chi connectivity index (χ4n) is 2.55. The molecule has 0 saturated carbocycles. The Kier molecular flexibility index (Phi) is 5.59. The van der Waals surface area contributed by atoms with E-state index in [1.807, 2.05) is 63.5 Å². The molecule has 1 aromatic heterocycles. The van der Waals surface area contributed by atoms with Gasteiger partial charge in [-0.05, 0) is 32.9 Å². The van der Waals surface area contributed by atoms with Crippen molar-refractivity contribution in [3.05, 3.63) is 30.1 Å². The Morgan fingerprint density at radius 1 is 1.08 bits per heavy atom. The summed E-state index contributed by atoms with van der Waals surface area (Å²) in [6, 6.07) is 7.47. The minimum absolute atomic E-state index is 0.0345. The standard InChI is InChI=1S/C18H26N4O2/c1-11(2)18(24)20-13(5)17-21-14-8-6-7-9-15(14)22(17)10-16(23)19-12(3)4/h6-9,11-13H,10H2,1-5H3,(H,19,23)(H,20,24). The van der Waals surface area contributed by atoms with Crippen LogP contribution in [0.2, 0.25) is 0 Å². The third-order valence-corrected chi connectivity index (χ3v) is 3.71. The minimum Gasteiger partial charge on any atom is -0.352 e. The molecule has 130 valence electrons. The topological polar surface area (TPSA) is 76.0 Å². The lowest BCUT2D eigenvalue weighted by Crippen LogP contribution is -2.35. The van der Waals surface area contributed by atoms with Gasteiger partial charge in [-0.25, -0.2) is 4.98 Å². The summed E-state index contributed by atoms with van der Waals surface area (Å²) in [5.41, 5.74) is 1.70. The van der Waals surface area contributed by atoms with E-state index in [4.69, 9.17) is 0 Å². The molecule has 0 aliphatic carbocycles. The lowest BCUT2D eigenvalue weighted by Gasteiger charge is -2.18. The first-order chi connectivity index (χ1) is 11.3. The molecule has 6 heteroatoms. The Morgan fingerprint density at radius 2 is 1.75 bits per heavy atom. The van der Waals surface area contributed by atoms with E-state index in [0.717, 1.165) is 11.0 Å². The smallest absolute Gasteiger partial charge is 0.240 e. The van der Waals surface area contributed by atoms with Crippen LogP contribution in [0, 0.1) is 5.92 Å². The quantitative estimate of drug-likeness (QED) is 0.854. The number of fused-ring (bicyclic) bond motifs is 1. The highest BCUT2D eigenvalue weighted by molar-refractivity contribution is 5.82. The second-order valence-corrected chi connectivity index (χ2v) is 6.65. The van der Waals surface area contributed by atoms with Crippen molar-refractivity contribution in [2.45, 2.75) is 53.2 Å². The molecule has 1 aromatic carbocycles. The lowest BCUT2D eigenvalue weighted by molar-refractivity contribution is -0.124. The normalized spacial score (nSPS) is 12.6. The van der Waals surface area contributed by atoms with E-state index >= 15 is 0 Å². The van der Waals surface area contributed by atoms with Gasteiger partial charge in [0.05, 0.1) is 17.1 Å². The number of aromatic nitrogens is 2. The number of hydrogen-bond donors (Lipinski definition) is 2. The molecule has 0 spiro atoms. The predicted molar refractivity (Wildman–Crippen MR) is 94.4 cm³/mol. The fourth-order valence-corrected chi connectivity index (χ4v) is 2.55. The van der Waals surface area contributed by atoms with Crippen LogP contribution in [0.25, 0.3) is 11.0 Å². The summed E-state index contributed by atoms with van der Waals surface area (Å²) in [5.74, 6) is 0.475. The molecule has 0 bridgehead atoms. The molecule has 2 N–H and O–H groups in total. The average Bonchev–Trinajstić information content (AvgIpc) is 2.85. The van der Waals surface area contributed by atoms with Crippen LogP contribution in [-0.4, -0.2) is 27.4 Å². The molecule has 2 rings (SSSR count). The highest BCUT2D eigenvalue weighted by Gasteiger charge is 2.21. The Hall–Kier alpha value is -2.37. The molecular weight excluding hydrogens is 304 g/mol. The molecule has 1 atom stereocenters. The molecule has 0 aliphatic heterocycles. The first-order valence-corrected chi connectivity index (χ1v) is 8.34. The zero-order valence-electron chi connectivity index (χ0n) is 15.0. The van der Waals surface area contributed by atoms with Gasteiger partial charge in [-0.1, -0.05) is 26.0 Å². The van der Waals surface area contributed by atoms with Crippen molar-refractivity contribution >= 4 is 22.8 Å². The molecule has 1 heterocycles. The summed E-state index contributed by atoms with van der Waals surface area (Å²) in [6.45, 7) is 9.61. The van der Waals surface area contributed by atoms with Gasteiger partial charge in [0.1, 0.15) is 12.4 Å². The molecule has 24 heavy (non-hydrogen) atoms. The van der Waals surface area contributed by atoms with Crippen molar-refractivity contribution in [2.75, 3.05) is 0 Å². The van der Waals surface area contributed by atoms with Crippen molar-refractivity contribution in [1.82, 2.24) is 20.2 Å². The molecule has 0 fully saturated rings. The molecule has 0 radical (unpaired) electrons. The molecule has 1 unspecified atom stereocenters. The van der Waals surface area contributed by atoms with E-state index in [1.165, 1.54) is 0 Å². The van der Waals surface area contributed by atoms with Gasteiger partial charge in [-0.15, -0.1) is 0 Å². The van der Waals surface area contributed by atoms with Crippen LogP contribution in [0.4, 0.5) is 0 Å². The maximum Gasteiger partial charge on any atom is 0.240 e. The van der Waals surface area contributed by atoms with E-state index in [1.54, 1.807) is 0 Å². The van der Waals surface area contributed by atoms with Gasteiger partial charge in [0.25, 0.3) is 0 Å². The number of carbonyl (C=O) groups excluding carboxylic acids is 2. The maximum atomic E-state index is 12.2. The second kappa shape index (κ2) is 7.47. The number of carbonyl (C=O) groups is 2. The van der Waals surface area contributed by atoms with Gasteiger partial charge >= 0.3 is 0 Å². The maximum absolute atomic E-state index is 12.2. The fraction of sp³-hybridized carbons (Fsp3) is 0.500. The summed E-state index contributed by atoms with van der Waals surface area (Å²) in [4.78, 5) is 28.8. The number of rotatable bonds is 6. The van der Waals surface area contributed by atoms with Crippen molar-refractivity contribution < 1.29 is 9.59 Å². The molecule has 0 aliphatic rings. The van der Waals surface area contributed by atoms with Crippen LogP contribution in [0.3, 0.4) is 0 Å². The number of benzene rings is 1. The molecule has 0 saturated heterocycles. The molecule has 2 aromatic rings. The predicted octanol–water partition coefficient (Wildman–Crippen LogP) is 2.39. The number of para-hydroxylation sites is 2. The van der Waals surface area contributed by atoms with Crippen molar-refractivity contribution in [3.8, 4) is 0 Å². The van der Waals surface area contributed by atoms with Gasteiger partial charge in [0, 0.05) is 12.0 Å². The van der Waals surface area contributed by atoms with E-state index < -0.39 is 0 Å². The first kappa shape index (κ1) is 18.0. The third kappa shape index (κ3) is 4.13. The summed E-state index contributed by atoms with van der Waals surface area (Å²) in [6.07, 6.45) is 0. The van der Waals surface area contributed by atoms with Crippen LogP contribution in [0.15, 0.2) is 24.3 Å². The van der Waals surface area contributed by atoms with Crippen molar-refractivity contribution in [2.24, 2.45) is 5.92 Å². The summed E-state index contributed by atoms with van der Waals surface area (Å²) in [7, 11) is 0. The molecular formula is C18H26N4O2. The van der Waals surface area contributed by atoms with Crippen LogP contribution >= 0.6 is 0 Å². The van der Waals surface area contributed by atoms with Crippen LogP contribution < -0.4 is 10.6 Å². The Bertz CT molecular complexity index is 734.